The minimum atomic E-state index is -0.572. The van der Waals surface area contributed by atoms with Crippen LogP contribution in [-0.2, 0) is 9.53 Å². The van der Waals surface area contributed by atoms with Crippen LogP contribution in [0.25, 0.3) is 0 Å². The van der Waals surface area contributed by atoms with E-state index >= 15 is 0 Å². The van der Waals surface area contributed by atoms with Gasteiger partial charge in [0.15, 0.2) is 0 Å². The quantitative estimate of drug-likeness (QED) is 0.683. The van der Waals surface area contributed by atoms with Gasteiger partial charge in [-0.3, -0.25) is 0 Å². The lowest BCUT2D eigenvalue weighted by molar-refractivity contribution is -0.139. The van der Waals surface area contributed by atoms with E-state index in [2.05, 4.69) is 16.0 Å². The number of benzene rings is 1. The van der Waals surface area contributed by atoms with Gasteiger partial charge in [0.05, 0.1) is 25.3 Å². The lowest BCUT2D eigenvalue weighted by atomic mass is 9.95. The first kappa shape index (κ1) is 16.8. The van der Waals surface area contributed by atoms with Crippen LogP contribution in [0.5, 0.6) is 5.75 Å². The van der Waals surface area contributed by atoms with Crippen molar-refractivity contribution in [2.24, 2.45) is 0 Å². The molecule has 0 saturated heterocycles. The molecule has 1 aromatic rings. The molecule has 2 rings (SSSR count). The highest BCUT2D eigenvalue weighted by atomic mass is 16.5. The van der Waals surface area contributed by atoms with E-state index in [1.54, 1.807) is 33.2 Å². The number of nitrogens with one attached hydrogen (secondary N) is 3. The maximum absolute atomic E-state index is 12.4. The third-order valence-corrected chi connectivity index (χ3v) is 3.45. The Hall–Kier alpha value is -2.54. The van der Waals surface area contributed by atoms with Crippen LogP contribution in [0.1, 0.15) is 18.5 Å². The molecule has 7 heteroatoms. The Balaban J connectivity index is 2.45. The zero-order valence-electron chi connectivity index (χ0n) is 13.4. The Labute approximate surface area is 135 Å². The van der Waals surface area contributed by atoms with Crippen molar-refractivity contribution in [2.75, 3.05) is 27.3 Å². The highest BCUT2D eigenvalue weighted by Gasteiger charge is 2.33. The summed E-state index contributed by atoms with van der Waals surface area (Å²) in [4.78, 5) is 24.3. The summed E-state index contributed by atoms with van der Waals surface area (Å²) in [7, 11) is 3.32. The predicted molar refractivity (Wildman–Crippen MR) is 85.0 cm³/mol. The molecule has 1 aromatic carbocycles. The third-order valence-electron chi connectivity index (χ3n) is 3.45. The normalized spacial score (nSPS) is 17.3. The summed E-state index contributed by atoms with van der Waals surface area (Å²) in [6.45, 7) is 2.36. The average molecular weight is 319 g/mol. The molecule has 0 aromatic heterocycles. The van der Waals surface area contributed by atoms with Gasteiger partial charge in [0.1, 0.15) is 5.75 Å². The number of esters is 1. The Morgan fingerprint density at radius 3 is 2.57 bits per heavy atom. The number of likely N-dealkylation sites (N-methyl/N-ethyl adjacent to an activating group) is 1. The van der Waals surface area contributed by atoms with Crippen LogP contribution >= 0.6 is 0 Å². The predicted octanol–water partition coefficient (Wildman–Crippen LogP) is 1.09. The van der Waals surface area contributed by atoms with Crippen molar-refractivity contribution in [3.05, 3.63) is 41.1 Å². The molecule has 124 valence electrons. The van der Waals surface area contributed by atoms with Crippen molar-refractivity contribution >= 4 is 12.0 Å². The second-order valence-electron chi connectivity index (χ2n) is 4.95. The molecule has 1 aliphatic rings. The molecule has 1 unspecified atom stereocenters. The van der Waals surface area contributed by atoms with E-state index < -0.39 is 12.0 Å². The second kappa shape index (κ2) is 7.64. The van der Waals surface area contributed by atoms with Crippen LogP contribution in [0, 0.1) is 0 Å². The Morgan fingerprint density at radius 2 is 2.00 bits per heavy atom. The minimum absolute atomic E-state index is 0.262. The summed E-state index contributed by atoms with van der Waals surface area (Å²) in [6, 6.07) is 6.26. The van der Waals surface area contributed by atoms with Crippen molar-refractivity contribution < 1.29 is 19.1 Å². The molecular weight excluding hydrogens is 298 g/mol. The third kappa shape index (κ3) is 3.81. The zero-order chi connectivity index (χ0) is 16.8. The van der Waals surface area contributed by atoms with Gasteiger partial charge in [-0.25, -0.2) is 9.59 Å². The summed E-state index contributed by atoms with van der Waals surface area (Å²) in [5.41, 5.74) is 1.68. The number of carbonyl (C=O) groups is 2. The van der Waals surface area contributed by atoms with Crippen LogP contribution < -0.4 is 20.7 Å². The molecular formula is C16H21N3O4. The van der Waals surface area contributed by atoms with Gasteiger partial charge >= 0.3 is 12.0 Å². The fourth-order valence-electron chi connectivity index (χ4n) is 2.43. The molecule has 1 aliphatic heterocycles. The lowest BCUT2D eigenvalue weighted by Crippen LogP contribution is -2.47. The van der Waals surface area contributed by atoms with E-state index in [1.807, 2.05) is 12.1 Å². The van der Waals surface area contributed by atoms with Crippen LogP contribution in [0.15, 0.2) is 35.5 Å². The molecule has 23 heavy (non-hydrogen) atoms. The van der Waals surface area contributed by atoms with Crippen molar-refractivity contribution in [3.8, 4) is 5.75 Å². The molecule has 3 N–H and O–H groups in total. The molecule has 0 aliphatic carbocycles. The van der Waals surface area contributed by atoms with E-state index in [9.17, 15) is 9.59 Å². The van der Waals surface area contributed by atoms with E-state index in [0.717, 1.165) is 5.56 Å². The number of carbonyl (C=O) groups excluding carboxylic acids is 2. The maximum Gasteiger partial charge on any atom is 0.338 e. The molecule has 0 saturated carbocycles. The van der Waals surface area contributed by atoms with Gasteiger partial charge in [0, 0.05) is 12.2 Å². The van der Waals surface area contributed by atoms with Crippen LogP contribution in [0.3, 0.4) is 0 Å². The second-order valence-corrected chi connectivity index (χ2v) is 4.95. The van der Waals surface area contributed by atoms with E-state index in [-0.39, 0.29) is 12.6 Å². The molecule has 0 fully saturated rings. The van der Waals surface area contributed by atoms with Crippen LogP contribution in [0.4, 0.5) is 4.79 Å². The van der Waals surface area contributed by atoms with Gasteiger partial charge in [-0.15, -0.1) is 0 Å². The van der Waals surface area contributed by atoms with Gasteiger partial charge in [-0.05, 0) is 31.7 Å². The summed E-state index contributed by atoms with van der Waals surface area (Å²) < 4.78 is 10.3. The largest absolute Gasteiger partial charge is 0.497 e. The molecule has 1 atom stereocenters. The summed E-state index contributed by atoms with van der Waals surface area (Å²) in [6.07, 6.45) is 0. The Morgan fingerprint density at radius 1 is 1.30 bits per heavy atom. The molecule has 2 amide bonds. The number of hydrogen-bond donors (Lipinski definition) is 3. The van der Waals surface area contributed by atoms with Crippen LogP contribution in [0.2, 0.25) is 0 Å². The number of hydrogen-bond acceptors (Lipinski definition) is 5. The number of ether oxygens (including phenoxy) is 2. The molecule has 0 spiro atoms. The van der Waals surface area contributed by atoms with Crippen molar-refractivity contribution in [1.82, 2.24) is 16.0 Å². The summed E-state index contributed by atoms with van der Waals surface area (Å²) >= 11 is 0. The summed E-state index contributed by atoms with van der Waals surface area (Å²) in [5, 5.41) is 8.39. The van der Waals surface area contributed by atoms with Crippen LogP contribution in [-0.4, -0.2) is 39.3 Å². The first-order valence-corrected chi connectivity index (χ1v) is 7.37. The van der Waals surface area contributed by atoms with Gasteiger partial charge in [0.25, 0.3) is 0 Å². The van der Waals surface area contributed by atoms with Gasteiger partial charge in [-0.2, -0.15) is 0 Å². The lowest BCUT2D eigenvalue weighted by Gasteiger charge is -2.29. The van der Waals surface area contributed by atoms with Gasteiger partial charge in [-0.1, -0.05) is 12.1 Å². The van der Waals surface area contributed by atoms with Crippen molar-refractivity contribution in [2.45, 2.75) is 13.0 Å². The molecule has 7 nitrogen and oxygen atoms in total. The first-order chi connectivity index (χ1) is 11.1. The fraction of sp³-hybridized carbons (Fsp3) is 0.375. The number of amides is 2. The topological polar surface area (TPSA) is 88.7 Å². The Kier molecular flexibility index (Phi) is 5.59. The highest BCUT2D eigenvalue weighted by molar-refractivity contribution is 5.95. The minimum Gasteiger partial charge on any atom is -0.497 e. The van der Waals surface area contributed by atoms with Crippen molar-refractivity contribution in [1.29, 1.82) is 0 Å². The van der Waals surface area contributed by atoms with E-state index in [0.29, 0.717) is 23.6 Å². The highest BCUT2D eigenvalue weighted by Crippen LogP contribution is 2.28. The maximum atomic E-state index is 12.4. The first-order valence-electron chi connectivity index (χ1n) is 7.37. The molecule has 1 heterocycles. The smallest absolute Gasteiger partial charge is 0.338 e. The molecule has 0 radical (unpaired) electrons. The number of methoxy groups -OCH3 is 1. The standard InChI is InChI=1S/C16H21N3O4/c1-4-23-15(20)13-12(9-17-2)18-16(21)19-14(13)10-5-7-11(22-3)8-6-10/h5-8,14,17H,4,9H2,1-3H3,(H2,18,19,21). The van der Waals surface area contributed by atoms with Gasteiger partial charge in [0.2, 0.25) is 0 Å². The van der Waals surface area contributed by atoms with E-state index in [1.165, 1.54) is 0 Å². The SMILES string of the molecule is CCOC(=O)C1=C(CNC)NC(=O)NC1c1ccc(OC)cc1. The average Bonchev–Trinajstić information content (AvgIpc) is 2.55. The monoisotopic (exact) mass is 319 g/mol. The number of rotatable bonds is 6. The van der Waals surface area contributed by atoms with Gasteiger partial charge < -0.3 is 25.4 Å². The fourth-order valence-corrected chi connectivity index (χ4v) is 2.43. The van der Waals surface area contributed by atoms with E-state index in [4.69, 9.17) is 9.47 Å². The van der Waals surface area contributed by atoms with Crippen molar-refractivity contribution in [3.63, 3.8) is 0 Å². The molecule has 0 bridgehead atoms. The summed E-state index contributed by atoms with van der Waals surface area (Å²) in [5.74, 6) is 0.247. The Bertz CT molecular complexity index is 610. The zero-order valence-corrected chi connectivity index (χ0v) is 13.4. The number of urea groups is 1.